The first-order chi connectivity index (χ1) is 11.9. The van der Waals surface area contributed by atoms with E-state index in [1.807, 2.05) is 20.3 Å². The van der Waals surface area contributed by atoms with Gasteiger partial charge in [-0.15, -0.1) is 0 Å². The number of ether oxygens (including phenoxy) is 1. The Morgan fingerprint density at radius 1 is 1.28 bits per heavy atom. The molecule has 0 atom stereocenters. The van der Waals surface area contributed by atoms with Crippen molar-refractivity contribution < 1.29 is 4.74 Å². The zero-order valence-corrected chi connectivity index (χ0v) is 16.9. The number of hydrogen-bond acceptors (Lipinski definition) is 3. The molecule has 25 heavy (non-hydrogen) atoms. The maximum absolute atomic E-state index is 6.31. The summed E-state index contributed by atoms with van der Waals surface area (Å²) in [5, 5.41) is 0. The van der Waals surface area contributed by atoms with Crippen LogP contribution in [0.15, 0.2) is 11.1 Å². The number of nitrogens with zero attached hydrogens (tertiary/aromatic N) is 3. The van der Waals surface area contributed by atoms with Crippen molar-refractivity contribution in [1.29, 1.82) is 0 Å². The highest BCUT2D eigenvalue weighted by Gasteiger charge is 2.25. The van der Waals surface area contributed by atoms with Crippen LogP contribution in [0.2, 0.25) is 0 Å². The zero-order valence-electron chi connectivity index (χ0n) is 16.9. The highest BCUT2D eigenvalue weighted by Crippen LogP contribution is 2.33. The maximum atomic E-state index is 6.31. The molecule has 4 nitrogen and oxygen atoms in total. The Kier molecular flexibility index (Phi) is 7.27. The van der Waals surface area contributed by atoms with Crippen molar-refractivity contribution in [1.82, 2.24) is 9.88 Å². The molecule has 0 N–H and O–H groups in total. The lowest BCUT2D eigenvalue weighted by Crippen LogP contribution is -2.27. The molecule has 1 heterocycles. The largest absolute Gasteiger partial charge is 0.474 e. The molecule has 2 rings (SSSR count). The van der Waals surface area contributed by atoms with E-state index in [1.165, 1.54) is 12.8 Å². The quantitative estimate of drug-likeness (QED) is 0.506. The standard InChI is InChI=1S/C21H35N3O/c1-7-17-13-20(22-14-24(6)8-2)16(5)23-21(17)25-19-11-9-18(10-12-19)15(3)4/h13-15,18-19H,7-12H2,1-6H3/b22-14+/t18-,19+. The number of aromatic nitrogens is 1. The van der Waals surface area contributed by atoms with Gasteiger partial charge < -0.3 is 9.64 Å². The molecular weight excluding hydrogens is 310 g/mol. The number of rotatable bonds is 7. The van der Waals surface area contributed by atoms with Crippen molar-refractivity contribution in [2.24, 2.45) is 16.8 Å². The second-order valence-electron chi connectivity index (χ2n) is 7.63. The number of aliphatic imine (C=N–C) groups is 1. The molecule has 1 aliphatic carbocycles. The predicted octanol–water partition coefficient (Wildman–Crippen LogP) is 5.16. The fraction of sp³-hybridized carbons (Fsp3) is 0.714. The van der Waals surface area contributed by atoms with Gasteiger partial charge >= 0.3 is 0 Å². The summed E-state index contributed by atoms with van der Waals surface area (Å²) in [5.74, 6) is 2.45. The van der Waals surface area contributed by atoms with Crippen LogP contribution in [0.3, 0.4) is 0 Å². The normalized spacial score (nSPS) is 21.1. The fourth-order valence-electron chi connectivity index (χ4n) is 3.37. The third kappa shape index (κ3) is 5.45. The summed E-state index contributed by atoms with van der Waals surface area (Å²) in [6.07, 6.45) is 7.94. The molecule has 140 valence electrons. The minimum Gasteiger partial charge on any atom is -0.474 e. The Morgan fingerprint density at radius 3 is 2.52 bits per heavy atom. The topological polar surface area (TPSA) is 37.7 Å². The molecule has 4 heteroatoms. The molecule has 0 aromatic carbocycles. The van der Waals surface area contributed by atoms with Crippen LogP contribution in [-0.2, 0) is 6.42 Å². The van der Waals surface area contributed by atoms with Crippen molar-refractivity contribution in [3.05, 3.63) is 17.3 Å². The van der Waals surface area contributed by atoms with Crippen LogP contribution in [0.5, 0.6) is 5.88 Å². The third-order valence-corrected chi connectivity index (χ3v) is 5.44. The van der Waals surface area contributed by atoms with Crippen LogP contribution in [0, 0.1) is 18.8 Å². The summed E-state index contributed by atoms with van der Waals surface area (Å²) in [7, 11) is 2.03. The summed E-state index contributed by atoms with van der Waals surface area (Å²) < 4.78 is 6.31. The molecule has 0 amide bonds. The van der Waals surface area contributed by atoms with E-state index >= 15 is 0 Å². The van der Waals surface area contributed by atoms with Gasteiger partial charge in [-0.25, -0.2) is 9.98 Å². The van der Waals surface area contributed by atoms with E-state index in [0.29, 0.717) is 6.10 Å². The monoisotopic (exact) mass is 345 g/mol. The fourth-order valence-corrected chi connectivity index (χ4v) is 3.37. The van der Waals surface area contributed by atoms with E-state index in [2.05, 4.69) is 43.7 Å². The summed E-state index contributed by atoms with van der Waals surface area (Å²) in [4.78, 5) is 11.4. The molecule has 0 radical (unpaired) electrons. The minimum atomic E-state index is 0.313. The van der Waals surface area contributed by atoms with Crippen LogP contribution < -0.4 is 4.74 Å². The smallest absolute Gasteiger partial charge is 0.217 e. The van der Waals surface area contributed by atoms with Crippen molar-refractivity contribution in [2.45, 2.75) is 72.8 Å². The van der Waals surface area contributed by atoms with E-state index in [4.69, 9.17) is 9.72 Å². The summed E-state index contributed by atoms with van der Waals surface area (Å²) in [5.41, 5.74) is 3.03. The summed E-state index contributed by atoms with van der Waals surface area (Å²) in [6, 6.07) is 2.14. The van der Waals surface area contributed by atoms with Crippen LogP contribution in [0.25, 0.3) is 0 Å². The molecule has 1 fully saturated rings. The molecule has 0 spiro atoms. The molecular formula is C21H35N3O. The molecule has 0 saturated heterocycles. The van der Waals surface area contributed by atoms with Gasteiger partial charge in [0, 0.05) is 19.2 Å². The average Bonchev–Trinajstić information content (AvgIpc) is 2.61. The SMILES string of the molecule is CCc1cc(/N=C/N(C)CC)c(C)nc1O[C@H]1CC[C@@H](C(C)C)CC1. The van der Waals surface area contributed by atoms with Gasteiger partial charge in [0.15, 0.2) is 0 Å². The van der Waals surface area contributed by atoms with Crippen LogP contribution in [0.1, 0.15) is 64.6 Å². The molecule has 1 aromatic rings. The van der Waals surface area contributed by atoms with Gasteiger partial charge in [0.2, 0.25) is 5.88 Å². The molecule has 1 aliphatic rings. The van der Waals surface area contributed by atoms with E-state index in [9.17, 15) is 0 Å². The minimum absolute atomic E-state index is 0.313. The average molecular weight is 346 g/mol. The van der Waals surface area contributed by atoms with Crippen LogP contribution in [0.4, 0.5) is 5.69 Å². The highest BCUT2D eigenvalue weighted by molar-refractivity contribution is 5.63. The van der Waals surface area contributed by atoms with Crippen LogP contribution >= 0.6 is 0 Å². The van der Waals surface area contributed by atoms with Crippen molar-refractivity contribution in [3.63, 3.8) is 0 Å². The Balaban J connectivity index is 2.08. The lowest BCUT2D eigenvalue weighted by molar-refractivity contribution is 0.111. The Bertz CT molecular complexity index is 575. The van der Waals surface area contributed by atoms with Gasteiger partial charge in [-0.2, -0.15) is 0 Å². The van der Waals surface area contributed by atoms with Crippen molar-refractivity contribution >= 4 is 12.0 Å². The first-order valence-corrected chi connectivity index (χ1v) is 9.86. The maximum Gasteiger partial charge on any atom is 0.217 e. The Hall–Kier alpha value is -1.58. The highest BCUT2D eigenvalue weighted by atomic mass is 16.5. The van der Waals surface area contributed by atoms with Gasteiger partial charge in [0.1, 0.15) is 6.10 Å². The van der Waals surface area contributed by atoms with E-state index in [0.717, 1.165) is 60.5 Å². The third-order valence-electron chi connectivity index (χ3n) is 5.44. The molecule has 1 saturated carbocycles. The Labute approximate surface area is 153 Å². The Morgan fingerprint density at radius 2 is 1.96 bits per heavy atom. The van der Waals surface area contributed by atoms with Gasteiger partial charge in [0.25, 0.3) is 0 Å². The van der Waals surface area contributed by atoms with E-state index in [1.54, 1.807) is 0 Å². The number of aryl methyl sites for hydroxylation is 2. The van der Waals surface area contributed by atoms with Crippen molar-refractivity contribution in [3.8, 4) is 5.88 Å². The zero-order chi connectivity index (χ0) is 18.4. The van der Waals surface area contributed by atoms with Gasteiger partial charge in [-0.3, -0.25) is 0 Å². The van der Waals surface area contributed by atoms with Crippen LogP contribution in [-0.4, -0.2) is 35.9 Å². The predicted molar refractivity (Wildman–Crippen MR) is 106 cm³/mol. The number of hydrogen-bond donors (Lipinski definition) is 0. The lowest BCUT2D eigenvalue weighted by atomic mass is 9.80. The molecule has 1 aromatic heterocycles. The summed E-state index contributed by atoms with van der Waals surface area (Å²) in [6.45, 7) is 11.9. The van der Waals surface area contributed by atoms with Gasteiger partial charge in [-0.1, -0.05) is 20.8 Å². The van der Waals surface area contributed by atoms with Crippen molar-refractivity contribution in [2.75, 3.05) is 13.6 Å². The molecule has 0 unspecified atom stereocenters. The van der Waals surface area contributed by atoms with E-state index in [-0.39, 0.29) is 0 Å². The molecule has 0 aliphatic heterocycles. The second kappa shape index (κ2) is 9.21. The number of pyridine rings is 1. The first kappa shape index (κ1) is 19.7. The summed E-state index contributed by atoms with van der Waals surface area (Å²) >= 11 is 0. The van der Waals surface area contributed by atoms with E-state index < -0.39 is 0 Å². The van der Waals surface area contributed by atoms with Gasteiger partial charge in [0.05, 0.1) is 17.7 Å². The lowest BCUT2D eigenvalue weighted by Gasteiger charge is -2.31. The molecule has 0 bridgehead atoms. The first-order valence-electron chi connectivity index (χ1n) is 9.86. The van der Waals surface area contributed by atoms with Gasteiger partial charge in [-0.05, 0) is 63.9 Å². The second-order valence-corrected chi connectivity index (χ2v) is 7.63.